The van der Waals surface area contributed by atoms with Gasteiger partial charge in [-0.05, 0) is 18.2 Å². The molecule has 18 heavy (non-hydrogen) atoms. The molecule has 0 atom stereocenters. The second-order valence-corrected chi connectivity index (χ2v) is 7.06. The summed E-state index contributed by atoms with van der Waals surface area (Å²) in [6.45, 7) is 0. The molecule has 0 fully saturated rings. The SMILES string of the molecule is Oc1ccc(Br)c2c1sc1c3ccccc3sc12. The van der Waals surface area contributed by atoms with E-state index < -0.39 is 0 Å². The van der Waals surface area contributed by atoms with Gasteiger partial charge >= 0.3 is 0 Å². The Balaban J connectivity index is 2.35. The van der Waals surface area contributed by atoms with Crippen LogP contribution in [-0.2, 0) is 0 Å². The second-order valence-electron chi connectivity index (χ2n) is 4.13. The minimum Gasteiger partial charge on any atom is -0.506 e. The number of phenols is 1. The molecule has 2 aromatic carbocycles. The van der Waals surface area contributed by atoms with Gasteiger partial charge in [0.2, 0.25) is 0 Å². The molecule has 0 amide bonds. The van der Waals surface area contributed by atoms with Gasteiger partial charge in [0.05, 0.1) is 14.1 Å². The fraction of sp³-hybridized carbons (Fsp3) is 0. The van der Waals surface area contributed by atoms with Crippen LogP contribution in [0.3, 0.4) is 0 Å². The van der Waals surface area contributed by atoms with E-state index in [4.69, 9.17) is 0 Å². The van der Waals surface area contributed by atoms with Crippen LogP contribution in [-0.4, -0.2) is 5.11 Å². The van der Waals surface area contributed by atoms with Crippen LogP contribution in [0.5, 0.6) is 5.75 Å². The van der Waals surface area contributed by atoms with Gasteiger partial charge in [-0.25, -0.2) is 0 Å². The standard InChI is InChI=1S/C14H7BrOS2/c15-8-5-6-9(16)13-11(8)14-12(18-13)7-3-1-2-4-10(7)17-14/h1-6,16H. The molecule has 4 aromatic rings. The summed E-state index contributed by atoms with van der Waals surface area (Å²) in [4.78, 5) is 0. The van der Waals surface area contributed by atoms with Crippen LogP contribution < -0.4 is 0 Å². The summed E-state index contributed by atoms with van der Waals surface area (Å²) in [5.74, 6) is 0.366. The highest BCUT2D eigenvalue weighted by atomic mass is 79.9. The topological polar surface area (TPSA) is 20.2 Å². The van der Waals surface area contributed by atoms with Gasteiger partial charge in [0, 0.05) is 19.9 Å². The first-order chi connectivity index (χ1) is 8.75. The zero-order valence-electron chi connectivity index (χ0n) is 9.11. The third kappa shape index (κ3) is 1.31. The van der Waals surface area contributed by atoms with Crippen molar-refractivity contribution >= 4 is 68.2 Å². The van der Waals surface area contributed by atoms with Gasteiger partial charge in [0.15, 0.2) is 0 Å². The molecule has 4 rings (SSSR count). The normalized spacial score (nSPS) is 11.8. The third-order valence-electron chi connectivity index (χ3n) is 3.07. The molecule has 0 saturated carbocycles. The van der Waals surface area contributed by atoms with Crippen molar-refractivity contribution < 1.29 is 5.11 Å². The van der Waals surface area contributed by atoms with Gasteiger partial charge < -0.3 is 5.11 Å². The Labute approximate surface area is 119 Å². The Kier molecular flexibility index (Phi) is 2.22. The van der Waals surface area contributed by atoms with E-state index in [0.717, 1.165) is 14.6 Å². The zero-order valence-corrected chi connectivity index (χ0v) is 12.3. The number of rotatable bonds is 0. The number of thiophene rings is 2. The van der Waals surface area contributed by atoms with Crippen molar-refractivity contribution in [2.75, 3.05) is 0 Å². The van der Waals surface area contributed by atoms with Crippen molar-refractivity contribution in [1.29, 1.82) is 0 Å². The van der Waals surface area contributed by atoms with Crippen molar-refractivity contribution in [3.05, 3.63) is 40.9 Å². The predicted octanol–water partition coefficient (Wildman–Crippen LogP) is 5.74. The predicted molar refractivity (Wildman–Crippen MR) is 84.1 cm³/mol. The molecular weight excluding hydrogens is 328 g/mol. The molecule has 0 radical (unpaired) electrons. The minimum atomic E-state index is 0.366. The maximum atomic E-state index is 9.98. The fourth-order valence-corrected chi connectivity index (χ4v) is 5.76. The molecule has 1 nitrogen and oxygen atoms in total. The molecule has 0 aliphatic heterocycles. The Morgan fingerprint density at radius 1 is 0.889 bits per heavy atom. The Morgan fingerprint density at radius 3 is 2.61 bits per heavy atom. The summed E-state index contributed by atoms with van der Waals surface area (Å²) in [5.41, 5.74) is 0. The molecule has 4 heteroatoms. The van der Waals surface area contributed by atoms with E-state index in [9.17, 15) is 5.11 Å². The Hall–Kier alpha value is -1.10. The van der Waals surface area contributed by atoms with Gasteiger partial charge in [-0.2, -0.15) is 0 Å². The lowest BCUT2D eigenvalue weighted by atomic mass is 10.2. The fourth-order valence-electron chi connectivity index (χ4n) is 2.25. The van der Waals surface area contributed by atoms with Crippen LogP contribution in [0, 0.1) is 0 Å². The summed E-state index contributed by atoms with van der Waals surface area (Å²) in [6, 6.07) is 12.1. The molecule has 88 valence electrons. The number of benzene rings is 2. The van der Waals surface area contributed by atoms with Crippen LogP contribution in [0.1, 0.15) is 0 Å². The first-order valence-corrected chi connectivity index (χ1v) is 7.89. The highest BCUT2D eigenvalue weighted by Gasteiger charge is 2.15. The summed E-state index contributed by atoms with van der Waals surface area (Å²) in [7, 11) is 0. The van der Waals surface area contributed by atoms with Crippen molar-refractivity contribution in [1.82, 2.24) is 0 Å². The van der Waals surface area contributed by atoms with Crippen LogP contribution in [0.25, 0.3) is 29.6 Å². The maximum Gasteiger partial charge on any atom is 0.133 e. The van der Waals surface area contributed by atoms with Crippen molar-refractivity contribution in [2.24, 2.45) is 0 Å². The lowest BCUT2D eigenvalue weighted by Crippen LogP contribution is -1.68. The van der Waals surface area contributed by atoms with Crippen molar-refractivity contribution in [3.8, 4) is 5.75 Å². The van der Waals surface area contributed by atoms with Gasteiger partial charge in [0.1, 0.15) is 5.75 Å². The van der Waals surface area contributed by atoms with Gasteiger partial charge in [-0.3, -0.25) is 0 Å². The Bertz CT molecular complexity index is 904. The maximum absolute atomic E-state index is 9.98. The van der Waals surface area contributed by atoms with Crippen LogP contribution in [0.4, 0.5) is 0 Å². The number of fused-ring (bicyclic) bond motifs is 5. The number of halogens is 1. The van der Waals surface area contributed by atoms with Crippen LogP contribution in [0.15, 0.2) is 40.9 Å². The summed E-state index contributed by atoms with van der Waals surface area (Å²) in [5, 5.41) is 12.4. The zero-order chi connectivity index (χ0) is 12.3. The van der Waals surface area contributed by atoms with Crippen molar-refractivity contribution in [2.45, 2.75) is 0 Å². The van der Waals surface area contributed by atoms with Crippen LogP contribution >= 0.6 is 38.6 Å². The third-order valence-corrected chi connectivity index (χ3v) is 6.29. The average Bonchev–Trinajstić information content (AvgIpc) is 2.90. The molecule has 0 bridgehead atoms. The quantitative estimate of drug-likeness (QED) is 0.435. The Morgan fingerprint density at radius 2 is 1.72 bits per heavy atom. The van der Waals surface area contributed by atoms with Gasteiger partial charge in [0.25, 0.3) is 0 Å². The lowest BCUT2D eigenvalue weighted by molar-refractivity contribution is 0.482. The second kappa shape index (κ2) is 3.70. The molecule has 2 heterocycles. The molecule has 0 aliphatic carbocycles. The first-order valence-electron chi connectivity index (χ1n) is 5.47. The van der Waals surface area contributed by atoms with E-state index >= 15 is 0 Å². The number of hydrogen-bond acceptors (Lipinski definition) is 3. The summed E-state index contributed by atoms with van der Waals surface area (Å²) < 4.78 is 5.85. The molecular formula is C14H7BrOS2. The molecule has 2 aromatic heterocycles. The van der Waals surface area contributed by atoms with Crippen molar-refractivity contribution in [3.63, 3.8) is 0 Å². The molecule has 0 aliphatic rings. The summed E-state index contributed by atoms with van der Waals surface area (Å²) >= 11 is 7.05. The largest absolute Gasteiger partial charge is 0.506 e. The smallest absolute Gasteiger partial charge is 0.133 e. The minimum absolute atomic E-state index is 0.366. The van der Waals surface area contributed by atoms with E-state index in [0.29, 0.717) is 5.75 Å². The lowest BCUT2D eigenvalue weighted by Gasteiger charge is -1.96. The molecule has 0 spiro atoms. The monoisotopic (exact) mass is 334 g/mol. The number of phenolic OH excluding ortho intramolecular Hbond substituents is 1. The number of aromatic hydroxyl groups is 1. The first kappa shape index (κ1) is 10.8. The summed E-state index contributed by atoms with van der Waals surface area (Å²) in [6.07, 6.45) is 0. The van der Waals surface area contributed by atoms with E-state index in [1.807, 2.05) is 6.07 Å². The average molecular weight is 335 g/mol. The van der Waals surface area contributed by atoms with Crippen LogP contribution in [0.2, 0.25) is 0 Å². The van der Waals surface area contributed by atoms with E-state index in [-0.39, 0.29) is 0 Å². The van der Waals surface area contributed by atoms with E-state index in [1.165, 1.54) is 19.5 Å². The van der Waals surface area contributed by atoms with E-state index in [2.05, 4.69) is 40.2 Å². The van der Waals surface area contributed by atoms with Gasteiger partial charge in [-0.1, -0.05) is 34.1 Å². The highest BCUT2D eigenvalue weighted by Crippen LogP contribution is 2.48. The van der Waals surface area contributed by atoms with Gasteiger partial charge in [-0.15, -0.1) is 22.7 Å². The number of hydrogen-bond donors (Lipinski definition) is 1. The molecule has 0 saturated heterocycles. The van der Waals surface area contributed by atoms with E-state index in [1.54, 1.807) is 28.7 Å². The highest BCUT2D eigenvalue weighted by molar-refractivity contribution is 9.10. The molecule has 1 N–H and O–H groups in total. The molecule has 0 unspecified atom stereocenters.